The van der Waals surface area contributed by atoms with Crippen LogP contribution in [0.25, 0.3) is 0 Å². The lowest BCUT2D eigenvalue weighted by atomic mass is 10.2. The fraction of sp³-hybridized carbons (Fsp3) is 0.778. The average molecular weight is 198 g/mol. The van der Waals surface area contributed by atoms with Crippen molar-refractivity contribution in [1.29, 1.82) is 0 Å². The first-order valence-corrected chi connectivity index (χ1v) is 4.87. The minimum absolute atomic E-state index is 0.537. The molecule has 80 valence electrons. The van der Waals surface area contributed by atoms with Crippen molar-refractivity contribution < 1.29 is 4.42 Å². The SMILES string of the molecule is CC(C)CN(C)c1nnc(CCN)o1. The molecule has 1 aromatic heterocycles. The van der Waals surface area contributed by atoms with Gasteiger partial charge in [-0.2, -0.15) is 0 Å². The van der Waals surface area contributed by atoms with E-state index in [4.69, 9.17) is 10.2 Å². The van der Waals surface area contributed by atoms with Gasteiger partial charge in [-0.25, -0.2) is 0 Å². The Morgan fingerprint density at radius 1 is 1.43 bits per heavy atom. The predicted molar refractivity (Wildman–Crippen MR) is 55.2 cm³/mol. The Balaban J connectivity index is 2.57. The third kappa shape index (κ3) is 2.99. The van der Waals surface area contributed by atoms with E-state index in [-0.39, 0.29) is 0 Å². The summed E-state index contributed by atoms with van der Waals surface area (Å²) in [5.74, 6) is 1.18. The zero-order valence-electron chi connectivity index (χ0n) is 9.03. The molecule has 5 nitrogen and oxygen atoms in total. The molecule has 0 aromatic carbocycles. The fourth-order valence-corrected chi connectivity index (χ4v) is 1.25. The summed E-state index contributed by atoms with van der Waals surface area (Å²) in [5, 5.41) is 7.84. The lowest BCUT2D eigenvalue weighted by molar-refractivity contribution is 0.480. The van der Waals surface area contributed by atoms with Crippen LogP contribution >= 0.6 is 0 Å². The van der Waals surface area contributed by atoms with E-state index in [0.717, 1.165) is 6.54 Å². The van der Waals surface area contributed by atoms with Crippen molar-refractivity contribution in [1.82, 2.24) is 10.2 Å². The molecule has 5 heteroatoms. The molecule has 1 heterocycles. The largest absolute Gasteiger partial charge is 0.408 e. The molecule has 0 unspecified atom stereocenters. The molecule has 0 bridgehead atoms. The maximum atomic E-state index is 5.41. The Hall–Kier alpha value is -1.10. The van der Waals surface area contributed by atoms with Crippen molar-refractivity contribution in [3.05, 3.63) is 5.89 Å². The molecule has 0 saturated heterocycles. The van der Waals surface area contributed by atoms with Gasteiger partial charge in [-0.3, -0.25) is 0 Å². The Morgan fingerprint density at radius 2 is 2.14 bits per heavy atom. The third-order valence-corrected chi connectivity index (χ3v) is 1.78. The lowest BCUT2D eigenvalue weighted by Crippen LogP contribution is -2.22. The van der Waals surface area contributed by atoms with E-state index in [1.165, 1.54) is 0 Å². The number of hydrogen-bond donors (Lipinski definition) is 1. The molecule has 0 aliphatic carbocycles. The summed E-state index contributed by atoms with van der Waals surface area (Å²) >= 11 is 0. The van der Waals surface area contributed by atoms with Gasteiger partial charge in [-0.1, -0.05) is 18.9 Å². The van der Waals surface area contributed by atoms with Gasteiger partial charge in [0.2, 0.25) is 5.89 Å². The highest BCUT2D eigenvalue weighted by atomic mass is 16.4. The van der Waals surface area contributed by atoms with Crippen LogP contribution in [0.5, 0.6) is 0 Å². The van der Waals surface area contributed by atoms with E-state index in [1.807, 2.05) is 11.9 Å². The molecule has 0 aliphatic rings. The monoisotopic (exact) mass is 198 g/mol. The fourth-order valence-electron chi connectivity index (χ4n) is 1.25. The van der Waals surface area contributed by atoms with Crippen molar-refractivity contribution in [2.75, 3.05) is 25.0 Å². The summed E-state index contributed by atoms with van der Waals surface area (Å²) < 4.78 is 5.41. The predicted octanol–water partition coefficient (Wildman–Crippen LogP) is 0.663. The maximum Gasteiger partial charge on any atom is 0.317 e. The van der Waals surface area contributed by atoms with Crippen LogP contribution in [-0.2, 0) is 6.42 Å². The second-order valence-electron chi connectivity index (χ2n) is 3.79. The molecule has 1 rings (SSSR count). The maximum absolute atomic E-state index is 5.41. The molecule has 0 amide bonds. The summed E-state index contributed by atoms with van der Waals surface area (Å²) in [6.45, 7) is 5.74. The molecule has 0 radical (unpaired) electrons. The second kappa shape index (κ2) is 4.95. The summed E-state index contributed by atoms with van der Waals surface area (Å²) in [5.41, 5.74) is 5.39. The molecule has 0 atom stereocenters. The summed E-state index contributed by atoms with van der Waals surface area (Å²) in [4.78, 5) is 1.96. The standard InChI is InChI=1S/C9H18N4O/c1-7(2)6-13(3)9-12-11-8(14-9)4-5-10/h7H,4-6,10H2,1-3H3. The first-order chi connectivity index (χ1) is 6.63. The number of anilines is 1. The Morgan fingerprint density at radius 3 is 2.71 bits per heavy atom. The Kier molecular flexibility index (Phi) is 3.88. The highest BCUT2D eigenvalue weighted by Gasteiger charge is 2.10. The first kappa shape index (κ1) is 11.0. The average Bonchev–Trinajstić information content (AvgIpc) is 2.52. The number of hydrogen-bond acceptors (Lipinski definition) is 5. The van der Waals surface area contributed by atoms with Crippen molar-refractivity contribution in [2.45, 2.75) is 20.3 Å². The first-order valence-electron chi connectivity index (χ1n) is 4.87. The van der Waals surface area contributed by atoms with Gasteiger partial charge in [-0.05, 0) is 5.92 Å². The van der Waals surface area contributed by atoms with Gasteiger partial charge in [0.05, 0.1) is 0 Å². The molecule has 2 N–H and O–H groups in total. The molecule has 0 spiro atoms. The van der Waals surface area contributed by atoms with Crippen LogP contribution in [0.4, 0.5) is 6.01 Å². The van der Waals surface area contributed by atoms with Crippen molar-refractivity contribution >= 4 is 6.01 Å². The highest BCUT2D eigenvalue weighted by molar-refractivity contribution is 5.21. The van der Waals surface area contributed by atoms with E-state index in [9.17, 15) is 0 Å². The molecular formula is C9H18N4O. The van der Waals surface area contributed by atoms with E-state index in [2.05, 4.69) is 24.0 Å². The summed E-state index contributed by atoms with van der Waals surface area (Å²) in [6, 6.07) is 0.571. The van der Waals surface area contributed by atoms with E-state index in [1.54, 1.807) is 0 Å². The number of nitrogens with two attached hydrogens (primary N) is 1. The van der Waals surface area contributed by atoms with Gasteiger partial charge in [-0.15, -0.1) is 5.10 Å². The van der Waals surface area contributed by atoms with Crippen molar-refractivity contribution in [3.8, 4) is 0 Å². The highest BCUT2D eigenvalue weighted by Crippen LogP contribution is 2.11. The van der Waals surface area contributed by atoms with Crippen LogP contribution in [0, 0.1) is 5.92 Å². The van der Waals surface area contributed by atoms with Crippen molar-refractivity contribution in [3.63, 3.8) is 0 Å². The van der Waals surface area contributed by atoms with Gasteiger partial charge in [0.1, 0.15) is 0 Å². The Labute approximate surface area is 84.3 Å². The summed E-state index contributed by atoms with van der Waals surface area (Å²) in [6.07, 6.45) is 0.641. The smallest absolute Gasteiger partial charge is 0.317 e. The van der Waals surface area contributed by atoms with Crippen molar-refractivity contribution in [2.24, 2.45) is 11.7 Å². The number of rotatable bonds is 5. The van der Waals surface area contributed by atoms with Crippen LogP contribution in [0.3, 0.4) is 0 Å². The normalized spacial score (nSPS) is 10.9. The van der Waals surface area contributed by atoms with Gasteiger partial charge in [0.25, 0.3) is 0 Å². The minimum atomic E-state index is 0.537. The molecule has 1 aromatic rings. The van der Waals surface area contributed by atoms with E-state index >= 15 is 0 Å². The molecular weight excluding hydrogens is 180 g/mol. The van der Waals surface area contributed by atoms with Gasteiger partial charge in [0.15, 0.2) is 0 Å². The van der Waals surface area contributed by atoms with Crippen LogP contribution in [0.1, 0.15) is 19.7 Å². The van der Waals surface area contributed by atoms with Gasteiger partial charge in [0, 0.05) is 26.6 Å². The number of nitrogens with zero attached hydrogens (tertiary/aromatic N) is 3. The number of aromatic nitrogens is 2. The van der Waals surface area contributed by atoms with Crippen LogP contribution in [0.15, 0.2) is 4.42 Å². The third-order valence-electron chi connectivity index (χ3n) is 1.78. The van der Waals surface area contributed by atoms with Gasteiger partial charge < -0.3 is 15.1 Å². The minimum Gasteiger partial charge on any atom is -0.408 e. The second-order valence-corrected chi connectivity index (χ2v) is 3.79. The molecule has 0 fully saturated rings. The summed E-state index contributed by atoms with van der Waals surface area (Å²) in [7, 11) is 1.94. The lowest BCUT2D eigenvalue weighted by Gasteiger charge is -2.15. The van der Waals surface area contributed by atoms with Gasteiger partial charge >= 0.3 is 6.01 Å². The molecule has 0 saturated carbocycles. The molecule has 0 aliphatic heterocycles. The van der Waals surface area contributed by atoms with E-state index < -0.39 is 0 Å². The van der Waals surface area contributed by atoms with Crippen LogP contribution in [0.2, 0.25) is 0 Å². The zero-order valence-corrected chi connectivity index (χ0v) is 9.03. The van der Waals surface area contributed by atoms with Crippen LogP contribution < -0.4 is 10.6 Å². The quantitative estimate of drug-likeness (QED) is 0.752. The molecule has 14 heavy (non-hydrogen) atoms. The topological polar surface area (TPSA) is 68.2 Å². The zero-order chi connectivity index (χ0) is 10.6. The van der Waals surface area contributed by atoms with E-state index in [0.29, 0.717) is 30.8 Å². The van der Waals surface area contributed by atoms with Crippen LogP contribution in [-0.4, -0.2) is 30.3 Å². The Bertz CT molecular complexity index is 272.